The molecule has 112 valence electrons. The molecule has 1 atom stereocenters. The number of aryl methyl sites for hydroxylation is 1. The van der Waals surface area contributed by atoms with Crippen LogP contribution in [0.5, 0.6) is 0 Å². The van der Waals surface area contributed by atoms with Crippen molar-refractivity contribution in [2.24, 2.45) is 23.0 Å². The van der Waals surface area contributed by atoms with Crippen LogP contribution < -0.4 is 5.73 Å². The molecule has 1 unspecified atom stereocenters. The Hall–Kier alpha value is -0.530. The summed E-state index contributed by atoms with van der Waals surface area (Å²) in [6, 6.07) is 6.41. The molecule has 2 N–H and O–H groups in total. The van der Waals surface area contributed by atoms with E-state index < -0.39 is 0 Å². The maximum atomic E-state index is 6.48. The van der Waals surface area contributed by atoms with Crippen molar-refractivity contribution in [3.8, 4) is 0 Å². The fourth-order valence-electron chi connectivity index (χ4n) is 3.43. The van der Waals surface area contributed by atoms with Crippen LogP contribution in [-0.4, -0.2) is 0 Å². The fraction of sp³-hybridized carbons (Fsp3) is 0.667. The van der Waals surface area contributed by atoms with Gasteiger partial charge in [-0.05, 0) is 67.1 Å². The first-order valence-corrected chi connectivity index (χ1v) is 8.18. The van der Waals surface area contributed by atoms with Gasteiger partial charge in [0, 0.05) is 11.1 Å². The van der Waals surface area contributed by atoms with Gasteiger partial charge >= 0.3 is 0 Å². The van der Waals surface area contributed by atoms with E-state index in [9.17, 15) is 0 Å². The van der Waals surface area contributed by atoms with E-state index >= 15 is 0 Å². The average molecular weight is 294 g/mol. The Balaban J connectivity index is 2.01. The summed E-state index contributed by atoms with van der Waals surface area (Å²) in [6.07, 6.45) is 5.10. The first-order valence-electron chi connectivity index (χ1n) is 7.80. The molecule has 1 aromatic carbocycles. The lowest BCUT2D eigenvalue weighted by atomic mass is 9.68. The molecule has 0 saturated heterocycles. The summed E-state index contributed by atoms with van der Waals surface area (Å²) in [7, 11) is 0. The van der Waals surface area contributed by atoms with Crippen LogP contribution in [0.3, 0.4) is 0 Å². The molecule has 0 aromatic heterocycles. The second kappa shape index (κ2) is 6.07. The van der Waals surface area contributed by atoms with Gasteiger partial charge in [-0.3, -0.25) is 0 Å². The highest BCUT2D eigenvalue weighted by molar-refractivity contribution is 6.31. The van der Waals surface area contributed by atoms with Gasteiger partial charge in [-0.25, -0.2) is 0 Å². The Bertz CT molecular complexity index is 453. The summed E-state index contributed by atoms with van der Waals surface area (Å²) in [6.45, 7) is 9.11. The minimum absolute atomic E-state index is 0.133. The van der Waals surface area contributed by atoms with Crippen molar-refractivity contribution in [2.45, 2.75) is 59.4 Å². The molecule has 20 heavy (non-hydrogen) atoms. The summed E-state index contributed by atoms with van der Waals surface area (Å²) in [5.74, 6) is 1.44. The number of hydrogen-bond donors (Lipinski definition) is 1. The molecule has 0 aliphatic heterocycles. The number of rotatable bonds is 2. The monoisotopic (exact) mass is 293 g/mol. The molecular weight excluding hydrogens is 266 g/mol. The first kappa shape index (κ1) is 15.9. The standard InChI is InChI=1S/C18H28ClN/c1-12-5-6-14(11-16(12)19)17(20)13-7-9-15(10-8-13)18(2,3)4/h5-6,11,13,15,17H,7-10,20H2,1-4H3. The SMILES string of the molecule is Cc1ccc(C(N)C2CCC(C(C)(C)C)CC2)cc1Cl. The molecule has 0 bridgehead atoms. The van der Waals surface area contributed by atoms with Gasteiger partial charge in [0.1, 0.15) is 0 Å². The molecule has 1 aliphatic carbocycles. The van der Waals surface area contributed by atoms with Gasteiger partial charge < -0.3 is 5.73 Å². The zero-order valence-corrected chi connectivity index (χ0v) is 14.0. The zero-order valence-electron chi connectivity index (χ0n) is 13.2. The summed E-state index contributed by atoms with van der Waals surface area (Å²) in [5.41, 5.74) is 9.24. The largest absolute Gasteiger partial charge is 0.324 e. The second-order valence-corrected chi connectivity index (χ2v) is 7.92. The van der Waals surface area contributed by atoms with Gasteiger partial charge in [-0.2, -0.15) is 0 Å². The number of halogens is 1. The van der Waals surface area contributed by atoms with Gasteiger partial charge in [0.25, 0.3) is 0 Å². The third kappa shape index (κ3) is 3.56. The van der Waals surface area contributed by atoms with Gasteiger partial charge in [-0.15, -0.1) is 0 Å². The van der Waals surface area contributed by atoms with Gasteiger partial charge in [-0.1, -0.05) is 44.5 Å². The normalized spacial score (nSPS) is 25.5. The molecule has 2 rings (SSSR count). The molecule has 1 aromatic rings. The van der Waals surface area contributed by atoms with Crippen molar-refractivity contribution in [2.75, 3.05) is 0 Å². The van der Waals surface area contributed by atoms with E-state index in [-0.39, 0.29) is 6.04 Å². The van der Waals surface area contributed by atoms with E-state index in [1.165, 1.54) is 31.2 Å². The van der Waals surface area contributed by atoms with E-state index in [0.29, 0.717) is 11.3 Å². The fourth-order valence-corrected chi connectivity index (χ4v) is 3.62. The highest BCUT2D eigenvalue weighted by Crippen LogP contribution is 2.43. The molecule has 0 amide bonds. The Labute approximate surface area is 128 Å². The predicted molar refractivity (Wildman–Crippen MR) is 88.0 cm³/mol. The van der Waals surface area contributed by atoms with Crippen molar-refractivity contribution in [1.29, 1.82) is 0 Å². The first-order chi connectivity index (χ1) is 9.29. The molecule has 1 saturated carbocycles. The van der Waals surface area contributed by atoms with E-state index in [0.717, 1.165) is 16.5 Å². The van der Waals surface area contributed by atoms with Crippen molar-refractivity contribution in [3.05, 3.63) is 34.3 Å². The lowest BCUT2D eigenvalue weighted by Gasteiger charge is -2.38. The minimum atomic E-state index is 0.133. The summed E-state index contributed by atoms with van der Waals surface area (Å²) >= 11 is 6.22. The van der Waals surface area contributed by atoms with Crippen molar-refractivity contribution >= 4 is 11.6 Å². The van der Waals surface area contributed by atoms with Gasteiger partial charge in [0.2, 0.25) is 0 Å². The molecular formula is C18H28ClN. The number of nitrogens with two attached hydrogens (primary N) is 1. The van der Waals surface area contributed by atoms with E-state index in [1.54, 1.807) is 0 Å². The van der Waals surface area contributed by atoms with Gasteiger partial charge in [0.05, 0.1) is 0 Å². The number of hydrogen-bond acceptors (Lipinski definition) is 1. The molecule has 1 fully saturated rings. The molecule has 0 spiro atoms. The maximum Gasteiger partial charge on any atom is 0.0438 e. The molecule has 1 aliphatic rings. The van der Waals surface area contributed by atoms with Gasteiger partial charge in [0.15, 0.2) is 0 Å². The third-order valence-electron chi connectivity index (χ3n) is 5.09. The average Bonchev–Trinajstić information content (AvgIpc) is 2.40. The highest BCUT2D eigenvalue weighted by atomic mass is 35.5. The Morgan fingerprint density at radius 1 is 1.15 bits per heavy atom. The summed E-state index contributed by atoms with van der Waals surface area (Å²) in [4.78, 5) is 0. The number of benzene rings is 1. The third-order valence-corrected chi connectivity index (χ3v) is 5.49. The van der Waals surface area contributed by atoms with E-state index in [2.05, 4.69) is 39.0 Å². The molecule has 1 nitrogen and oxygen atoms in total. The summed E-state index contributed by atoms with van der Waals surface area (Å²) < 4.78 is 0. The van der Waals surface area contributed by atoms with Crippen molar-refractivity contribution in [3.63, 3.8) is 0 Å². The van der Waals surface area contributed by atoms with Crippen LogP contribution >= 0.6 is 11.6 Å². The van der Waals surface area contributed by atoms with Crippen LogP contribution in [0, 0.1) is 24.2 Å². The lowest BCUT2D eigenvalue weighted by Crippen LogP contribution is -2.30. The van der Waals surface area contributed by atoms with Crippen LogP contribution in [0.1, 0.15) is 63.6 Å². The topological polar surface area (TPSA) is 26.0 Å². The smallest absolute Gasteiger partial charge is 0.0438 e. The van der Waals surface area contributed by atoms with Crippen LogP contribution in [0.25, 0.3) is 0 Å². The second-order valence-electron chi connectivity index (χ2n) is 7.51. The van der Waals surface area contributed by atoms with Crippen LogP contribution in [0.2, 0.25) is 5.02 Å². The Morgan fingerprint density at radius 2 is 1.75 bits per heavy atom. The zero-order chi connectivity index (χ0) is 14.9. The Morgan fingerprint density at radius 3 is 2.25 bits per heavy atom. The van der Waals surface area contributed by atoms with E-state index in [4.69, 9.17) is 17.3 Å². The summed E-state index contributed by atoms with van der Waals surface area (Å²) in [5, 5.41) is 0.835. The maximum absolute atomic E-state index is 6.48. The van der Waals surface area contributed by atoms with Crippen LogP contribution in [0.15, 0.2) is 18.2 Å². The molecule has 0 radical (unpaired) electrons. The minimum Gasteiger partial charge on any atom is -0.324 e. The molecule has 2 heteroatoms. The van der Waals surface area contributed by atoms with Crippen molar-refractivity contribution < 1.29 is 0 Å². The van der Waals surface area contributed by atoms with Crippen LogP contribution in [0.4, 0.5) is 0 Å². The van der Waals surface area contributed by atoms with E-state index in [1.807, 2.05) is 6.92 Å². The Kier molecular flexibility index (Phi) is 4.81. The quantitative estimate of drug-likeness (QED) is 0.765. The lowest BCUT2D eigenvalue weighted by molar-refractivity contribution is 0.139. The highest BCUT2D eigenvalue weighted by Gasteiger charge is 2.32. The van der Waals surface area contributed by atoms with Crippen molar-refractivity contribution in [1.82, 2.24) is 0 Å². The molecule has 0 heterocycles. The predicted octanol–water partition coefficient (Wildman–Crippen LogP) is 5.50. The van der Waals surface area contributed by atoms with Crippen LogP contribution in [-0.2, 0) is 0 Å².